The van der Waals surface area contributed by atoms with Crippen LogP contribution in [-0.4, -0.2) is 59.9 Å². The summed E-state index contributed by atoms with van der Waals surface area (Å²) in [6, 6.07) is 14.0. The lowest BCUT2D eigenvalue weighted by Gasteiger charge is -2.33. The first kappa shape index (κ1) is 28.9. The van der Waals surface area contributed by atoms with Gasteiger partial charge in [-0.15, -0.1) is 0 Å². The molecular formula is C33H41N6O4+. The Hall–Kier alpha value is -4.18. The van der Waals surface area contributed by atoms with E-state index in [1.165, 1.54) is 0 Å². The number of likely N-dealkylation sites (tertiary alicyclic amines) is 1. The third-order valence-electron chi connectivity index (χ3n) is 8.57. The highest BCUT2D eigenvalue weighted by Crippen LogP contribution is 2.34. The van der Waals surface area contributed by atoms with Gasteiger partial charge < -0.3 is 14.7 Å². The number of hydrogen-bond donors (Lipinski definition) is 1. The quantitative estimate of drug-likeness (QED) is 0.320. The van der Waals surface area contributed by atoms with E-state index in [2.05, 4.69) is 47.4 Å². The van der Waals surface area contributed by atoms with Crippen LogP contribution < -0.4 is 4.57 Å². The molecule has 2 aliphatic rings. The van der Waals surface area contributed by atoms with Crippen LogP contribution in [0, 0.1) is 0 Å². The number of ether oxygens (including phenoxy) is 1. The monoisotopic (exact) mass is 585 g/mol. The first-order valence-corrected chi connectivity index (χ1v) is 15.2. The SMILES string of the molecule is CCn1c(CN2C(=O)c3ccccc3C2O)[n+](CC)c2ccc(-c3cnn(C4CCN(C(=O)OC(C)(C)C)CC4)c3)cc21. The van der Waals surface area contributed by atoms with Gasteiger partial charge in [0, 0.05) is 36.0 Å². The Morgan fingerprint density at radius 1 is 1.09 bits per heavy atom. The number of amides is 2. The number of imidazole rings is 1. The maximum absolute atomic E-state index is 13.2. The molecule has 43 heavy (non-hydrogen) atoms. The second-order valence-corrected chi connectivity index (χ2v) is 12.4. The van der Waals surface area contributed by atoms with E-state index in [9.17, 15) is 14.7 Å². The fraction of sp³-hybridized carbons (Fsp3) is 0.455. The molecule has 1 atom stereocenters. The molecule has 0 bridgehead atoms. The predicted molar refractivity (Wildman–Crippen MR) is 162 cm³/mol. The van der Waals surface area contributed by atoms with E-state index < -0.39 is 11.8 Å². The summed E-state index contributed by atoms with van der Waals surface area (Å²) in [7, 11) is 0. The van der Waals surface area contributed by atoms with Crippen LogP contribution >= 0.6 is 0 Å². The summed E-state index contributed by atoms with van der Waals surface area (Å²) < 4.78 is 12.0. The molecular weight excluding hydrogens is 544 g/mol. The minimum absolute atomic E-state index is 0.149. The van der Waals surface area contributed by atoms with Crippen molar-refractivity contribution in [2.24, 2.45) is 0 Å². The number of aryl methyl sites for hydroxylation is 2. The molecule has 2 aromatic heterocycles. The van der Waals surface area contributed by atoms with Crippen molar-refractivity contribution in [3.63, 3.8) is 0 Å². The Morgan fingerprint density at radius 2 is 1.84 bits per heavy atom. The van der Waals surface area contributed by atoms with Crippen molar-refractivity contribution in [2.45, 2.75) is 85.0 Å². The lowest BCUT2D eigenvalue weighted by molar-refractivity contribution is -0.677. The Kier molecular flexibility index (Phi) is 7.50. The zero-order valence-corrected chi connectivity index (χ0v) is 25.7. The summed E-state index contributed by atoms with van der Waals surface area (Å²) in [5.41, 5.74) is 4.98. The van der Waals surface area contributed by atoms with Gasteiger partial charge in [0.1, 0.15) is 12.1 Å². The number of aliphatic hydroxyl groups is 1. The molecule has 2 amide bonds. The molecule has 1 fully saturated rings. The van der Waals surface area contributed by atoms with Gasteiger partial charge in [-0.05, 0) is 77.3 Å². The maximum atomic E-state index is 13.2. The van der Waals surface area contributed by atoms with Crippen LogP contribution in [0.25, 0.3) is 22.2 Å². The third kappa shape index (κ3) is 5.29. The summed E-state index contributed by atoms with van der Waals surface area (Å²) in [5, 5.41) is 15.7. The van der Waals surface area contributed by atoms with E-state index in [1.807, 2.05) is 49.8 Å². The highest BCUT2D eigenvalue weighted by atomic mass is 16.6. The Morgan fingerprint density at radius 3 is 2.51 bits per heavy atom. The van der Waals surface area contributed by atoms with E-state index in [0.29, 0.717) is 30.8 Å². The molecule has 1 saturated heterocycles. The summed E-state index contributed by atoms with van der Waals surface area (Å²) in [4.78, 5) is 29.0. The van der Waals surface area contributed by atoms with Crippen molar-refractivity contribution in [2.75, 3.05) is 13.1 Å². The molecule has 1 unspecified atom stereocenters. The van der Waals surface area contributed by atoms with E-state index in [-0.39, 0.29) is 18.0 Å². The fourth-order valence-electron chi connectivity index (χ4n) is 6.44. The number of fused-ring (bicyclic) bond motifs is 2. The minimum Gasteiger partial charge on any atom is -0.444 e. The number of hydrogen-bond acceptors (Lipinski definition) is 5. The topological polar surface area (TPSA) is 96.7 Å². The molecule has 2 aliphatic heterocycles. The minimum atomic E-state index is -0.963. The van der Waals surface area contributed by atoms with E-state index in [0.717, 1.165) is 53.9 Å². The number of aliphatic hydroxyl groups excluding tert-OH is 1. The number of carbonyl (C=O) groups is 2. The Labute approximate surface area is 252 Å². The lowest BCUT2D eigenvalue weighted by atomic mass is 10.1. The van der Waals surface area contributed by atoms with Crippen molar-refractivity contribution in [1.82, 2.24) is 24.1 Å². The number of nitrogens with zero attached hydrogens (tertiary/aromatic N) is 6. The Bertz CT molecular complexity index is 1670. The molecule has 6 rings (SSSR count). The first-order chi connectivity index (χ1) is 20.6. The number of aromatic nitrogens is 4. The van der Waals surface area contributed by atoms with Gasteiger partial charge in [-0.1, -0.05) is 18.2 Å². The zero-order chi connectivity index (χ0) is 30.5. The second kappa shape index (κ2) is 11.1. The van der Waals surface area contributed by atoms with E-state index in [4.69, 9.17) is 9.84 Å². The number of rotatable bonds is 6. The standard InChI is InChI=1S/C33H41N6O4/c1-6-36-27-13-12-22(23-19-34-39(20-23)24-14-16-35(17-15-24)32(42)43-33(3,4)5)18-28(27)37(7-2)29(36)21-38-30(40)25-10-8-9-11-26(25)31(38)41/h8-13,18-20,24,30,40H,6-7,14-17,21H2,1-5H3/q+1. The molecule has 2 aromatic carbocycles. The van der Waals surface area contributed by atoms with Crippen LogP contribution in [0.15, 0.2) is 54.9 Å². The van der Waals surface area contributed by atoms with Crippen LogP contribution in [-0.2, 0) is 24.4 Å². The van der Waals surface area contributed by atoms with Gasteiger partial charge in [0.25, 0.3) is 11.7 Å². The molecule has 4 aromatic rings. The molecule has 0 spiro atoms. The van der Waals surface area contributed by atoms with Crippen molar-refractivity contribution >= 4 is 23.0 Å². The van der Waals surface area contributed by atoms with Crippen LogP contribution in [0.5, 0.6) is 0 Å². The number of benzene rings is 2. The second-order valence-electron chi connectivity index (χ2n) is 12.4. The average molecular weight is 586 g/mol. The van der Waals surface area contributed by atoms with Gasteiger partial charge in [-0.2, -0.15) is 5.10 Å². The highest BCUT2D eigenvalue weighted by molar-refractivity contribution is 5.98. The third-order valence-corrected chi connectivity index (χ3v) is 8.57. The summed E-state index contributed by atoms with van der Waals surface area (Å²) in [6.07, 6.45) is 4.43. The van der Waals surface area contributed by atoms with Crippen molar-refractivity contribution in [1.29, 1.82) is 0 Å². The van der Waals surface area contributed by atoms with Gasteiger partial charge in [-0.3, -0.25) is 14.4 Å². The molecule has 4 heterocycles. The van der Waals surface area contributed by atoms with E-state index >= 15 is 0 Å². The van der Waals surface area contributed by atoms with Gasteiger partial charge in [0.05, 0.1) is 25.3 Å². The Balaban J connectivity index is 1.24. The molecule has 0 radical (unpaired) electrons. The summed E-state index contributed by atoms with van der Waals surface area (Å²) in [5.74, 6) is 0.827. The average Bonchev–Trinajstić information content (AvgIpc) is 3.66. The van der Waals surface area contributed by atoms with Gasteiger partial charge in [-0.25, -0.2) is 13.9 Å². The van der Waals surface area contributed by atoms with Crippen molar-refractivity contribution < 1.29 is 24.0 Å². The summed E-state index contributed by atoms with van der Waals surface area (Å²) in [6.45, 7) is 12.9. The fourth-order valence-corrected chi connectivity index (χ4v) is 6.44. The predicted octanol–water partition coefficient (Wildman–Crippen LogP) is 5.05. The van der Waals surface area contributed by atoms with Crippen molar-refractivity contribution in [3.05, 3.63) is 71.8 Å². The van der Waals surface area contributed by atoms with Crippen molar-refractivity contribution in [3.8, 4) is 11.1 Å². The molecule has 226 valence electrons. The van der Waals surface area contributed by atoms with Crippen LogP contribution in [0.2, 0.25) is 0 Å². The first-order valence-electron chi connectivity index (χ1n) is 15.2. The zero-order valence-electron chi connectivity index (χ0n) is 25.7. The van der Waals surface area contributed by atoms with Gasteiger partial charge in [0.15, 0.2) is 17.3 Å². The van der Waals surface area contributed by atoms with Crippen LogP contribution in [0.3, 0.4) is 0 Å². The number of piperidine rings is 1. The summed E-state index contributed by atoms with van der Waals surface area (Å²) >= 11 is 0. The molecule has 1 N–H and O–H groups in total. The molecule has 10 heteroatoms. The van der Waals surface area contributed by atoms with Gasteiger partial charge >= 0.3 is 6.09 Å². The van der Waals surface area contributed by atoms with Gasteiger partial charge in [0.2, 0.25) is 0 Å². The lowest BCUT2D eigenvalue weighted by Crippen LogP contribution is -2.42. The van der Waals surface area contributed by atoms with Crippen LogP contribution in [0.4, 0.5) is 4.79 Å². The van der Waals surface area contributed by atoms with E-state index in [1.54, 1.807) is 15.9 Å². The normalized spacial score (nSPS) is 17.6. The molecule has 0 saturated carbocycles. The largest absolute Gasteiger partial charge is 0.444 e. The smallest absolute Gasteiger partial charge is 0.410 e. The molecule has 0 aliphatic carbocycles. The van der Waals surface area contributed by atoms with Crippen LogP contribution in [0.1, 0.15) is 81.5 Å². The highest BCUT2D eigenvalue weighted by Gasteiger charge is 2.38. The number of carbonyl (C=O) groups excluding carboxylic acids is 2. The molecule has 10 nitrogen and oxygen atoms in total. The maximum Gasteiger partial charge on any atom is 0.410 e.